The van der Waals surface area contributed by atoms with Gasteiger partial charge in [-0.2, -0.15) is 0 Å². The molecule has 0 unspecified atom stereocenters. The maximum atomic E-state index is 13.2. The largest absolute Gasteiger partial charge is 0.371 e. The number of rotatable bonds is 4. The van der Waals surface area contributed by atoms with E-state index in [1.807, 2.05) is 41.3 Å². The van der Waals surface area contributed by atoms with Gasteiger partial charge in [-0.3, -0.25) is 14.6 Å². The topological polar surface area (TPSA) is 65.5 Å². The molecule has 2 fully saturated rings. The van der Waals surface area contributed by atoms with Crippen molar-refractivity contribution in [3.8, 4) is 0 Å². The molecule has 0 atom stereocenters. The molecule has 0 spiro atoms. The number of benzene rings is 1. The van der Waals surface area contributed by atoms with Gasteiger partial charge < -0.3 is 15.1 Å². The first-order valence-electron chi connectivity index (χ1n) is 9.51. The number of nitrogens with zero attached hydrogens (tertiary/aromatic N) is 3. The molecule has 6 nitrogen and oxygen atoms in total. The Bertz CT molecular complexity index is 797. The molecule has 2 aliphatic rings. The molecule has 2 aromatic rings. The number of aromatic nitrogens is 1. The van der Waals surface area contributed by atoms with Crippen molar-refractivity contribution in [1.29, 1.82) is 0 Å². The van der Waals surface area contributed by atoms with Gasteiger partial charge in [-0.1, -0.05) is 24.3 Å². The molecule has 3 heterocycles. The van der Waals surface area contributed by atoms with Gasteiger partial charge in [0, 0.05) is 38.1 Å². The Morgan fingerprint density at radius 3 is 2.19 bits per heavy atom. The minimum Gasteiger partial charge on any atom is -0.371 e. The van der Waals surface area contributed by atoms with Crippen LogP contribution in [-0.4, -0.2) is 58.3 Å². The summed E-state index contributed by atoms with van der Waals surface area (Å²) in [7, 11) is 0. The molecular weight excluding hydrogens is 340 g/mol. The molecule has 0 aliphatic carbocycles. The molecular formula is C21H24N4O2. The van der Waals surface area contributed by atoms with Crippen molar-refractivity contribution in [2.45, 2.75) is 24.8 Å². The van der Waals surface area contributed by atoms with E-state index in [9.17, 15) is 9.59 Å². The lowest BCUT2D eigenvalue weighted by atomic mass is 9.84. The van der Waals surface area contributed by atoms with Crippen LogP contribution >= 0.6 is 0 Å². The molecule has 27 heavy (non-hydrogen) atoms. The average Bonchev–Trinajstić information content (AvgIpc) is 2.68. The predicted octanol–water partition coefficient (Wildman–Crippen LogP) is 2.40. The van der Waals surface area contributed by atoms with Crippen molar-refractivity contribution in [3.63, 3.8) is 0 Å². The quantitative estimate of drug-likeness (QED) is 0.905. The van der Waals surface area contributed by atoms with Crippen molar-refractivity contribution in [2.24, 2.45) is 0 Å². The number of hydrogen-bond acceptors (Lipinski definition) is 4. The first-order valence-corrected chi connectivity index (χ1v) is 9.51. The van der Waals surface area contributed by atoms with Gasteiger partial charge in [-0.25, -0.2) is 0 Å². The minimum atomic E-state index is -0.650. The van der Waals surface area contributed by atoms with Gasteiger partial charge in [0.2, 0.25) is 5.91 Å². The number of nitrogens with one attached hydrogen (secondary N) is 1. The maximum absolute atomic E-state index is 13.2. The second-order valence-electron chi connectivity index (χ2n) is 7.23. The lowest BCUT2D eigenvalue weighted by Gasteiger charge is -2.46. The fourth-order valence-electron chi connectivity index (χ4n) is 3.75. The normalized spacial score (nSPS) is 18.5. The van der Waals surface area contributed by atoms with Crippen LogP contribution in [0.4, 0.5) is 5.69 Å². The van der Waals surface area contributed by atoms with Crippen LogP contribution in [0.2, 0.25) is 0 Å². The zero-order chi connectivity index (χ0) is 18.7. The molecule has 4 rings (SSSR count). The van der Waals surface area contributed by atoms with E-state index in [0.29, 0.717) is 31.6 Å². The maximum Gasteiger partial charge on any atom is 0.272 e. The molecule has 1 N–H and O–H groups in total. The van der Waals surface area contributed by atoms with E-state index in [2.05, 4.69) is 10.3 Å². The van der Waals surface area contributed by atoms with Gasteiger partial charge in [0.1, 0.15) is 11.2 Å². The zero-order valence-corrected chi connectivity index (χ0v) is 15.3. The van der Waals surface area contributed by atoms with Crippen LogP contribution in [0.5, 0.6) is 0 Å². The second-order valence-corrected chi connectivity index (χ2v) is 7.23. The SMILES string of the molecule is O=C(c1ccccn1)N1CCC(Nc2ccccc2)(C(=O)N2CCC2)CC1. The van der Waals surface area contributed by atoms with E-state index in [0.717, 1.165) is 25.2 Å². The van der Waals surface area contributed by atoms with Crippen LogP contribution in [0.3, 0.4) is 0 Å². The molecule has 1 aromatic carbocycles. The molecule has 2 aliphatic heterocycles. The zero-order valence-electron chi connectivity index (χ0n) is 15.3. The van der Waals surface area contributed by atoms with E-state index >= 15 is 0 Å². The molecule has 2 amide bonds. The summed E-state index contributed by atoms with van der Waals surface area (Å²) in [6.45, 7) is 2.73. The fourth-order valence-corrected chi connectivity index (χ4v) is 3.75. The van der Waals surface area contributed by atoms with Gasteiger partial charge in [0.15, 0.2) is 0 Å². The Kier molecular flexibility index (Phi) is 4.79. The van der Waals surface area contributed by atoms with Crippen molar-refractivity contribution < 1.29 is 9.59 Å². The Labute approximate surface area is 159 Å². The Balaban J connectivity index is 1.51. The number of hydrogen-bond donors (Lipinski definition) is 1. The van der Waals surface area contributed by atoms with Gasteiger partial charge in [0.05, 0.1) is 0 Å². The smallest absolute Gasteiger partial charge is 0.272 e. The van der Waals surface area contributed by atoms with E-state index in [1.165, 1.54) is 0 Å². The predicted molar refractivity (Wildman–Crippen MR) is 103 cm³/mol. The summed E-state index contributed by atoms with van der Waals surface area (Å²) < 4.78 is 0. The first-order chi connectivity index (χ1) is 13.2. The first kappa shape index (κ1) is 17.5. The van der Waals surface area contributed by atoms with Crippen LogP contribution in [-0.2, 0) is 4.79 Å². The number of pyridine rings is 1. The third-order valence-corrected chi connectivity index (χ3v) is 5.50. The Morgan fingerprint density at radius 2 is 1.59 bits per heavy atom. The van der Waals surface area contributed by atoms with Crippen LogP contribution in [0.1, 0.15) is 29.8 Å². The number of para-hydroxylation sites is 1. The Hall–Kier alpha value is -2.89. The van der Waals surface area contributed by atoms with Crippen molar-refractivity contribution in [1.82, 2.24) is 14.8 Å². The summed E-state index contributed by atoms with van der Waals surface area (Å²) in [5.41, 5.74) is 0.744. The van der Waals surface area contributed by atoms with Crippen molar-refractivity contribution in [3.05, 3.63) is 60.4 Å². The lowest BCUT2D eigenvalue weighted by molar-refractivity contribution is -0.141. The standard InChI is InChI=1S/C21H24N4O2/c26-19(18-9-4-5-12-22-18)24-15-10-21(11-16-24,20(27)25-13-6-14-25)23-17-7-2-1-3-8-17/h1-5,7-9,12,23H,6,10-11,13-16H2. The third-order valence-electron chi connectivity index (χ3n) is 5.50. The lowest BCUT2D eigenvalue weighted by Crippen LogP contribution is -2.62. The second kappa shape index (κ2) is 7.39. The van der Waals surface area contributed by atoms with Gasteiger partial charge >= 0.3 is 0 Å². The Morgan fingerprint density at radius 1 is 0.889 bits per heavy atom. The summed E-state index contributed by atoms with van der Waals surface area (Å²) in [6.07, 6.45) is 3.88. The summed E-state index contributed by atoms with van der Waals surface area (Å²) in [4.78, 5) is 33.8. The highest BCUT2D eigenvalue weighted by molar-refractivity contribution is 5.93. The average molecular weight is 364 g/mol. The van der Waals surface area contributed by atoms with Gasteiger partial charge in [0.25, 0.3) is 5.91 Å². The van der Waals surface area contributed by atoms with Crippen molar-refractivity contribution >= 4 is 17.5 Å². The summed E-state index contributed by atoms with van der Waals surface area (Å²) >= 11 is 0. The van der Waals surface area contributed by atoms with Gasteiger partial charge in [-0.15, -0.1) is 0 Å². The number of carbonyl (C=O) groups is 2. The molecule has 2 saturated heterocycles. The van der Waals surface area contributed by atoms with Crippen LogP contribution in [0.15, 0.2) is 54.7 Å². The fraction of sp³-hybridized carbons (Fsp3) is 0.381. The van der Waals surface area contributed by atoms with E-state index in [-0.39, 0.29) is 11.8 Å². The summed E-state index contributed by atoms with van der Waals surface area (Å²) in [5.74, 6) is 0.0860. The molecule has 0 radical (unpaired) electrons. The number of likely N-dealkylation sites (tertiary alicyclic amines) is 2. The molecule has 140 valence electrons. The highest BCUT2D eigenvalue weighted by atomic mass is 16.2. The molecule has 0 saturated carbocycles. The van der Waals surface area contributed by atoms with Crippen molar-refractivity contribution in [2.75, 3.05) is 31.5 Å². The molecule has 0 bridgehead atoms. The number of anilines is 1. The van der Waals surface area contributed by atoms with E-state index in [4.69, 9.17) is 0 Å². The highest BCUT2D eigenvalue weighted by Gasteiger charge is 2.45. The van der Waals surface area contributed by atoms with E-state index in [1.54, 1.807) is 23.2 Å². The molecule has 6 heteroatoms. The minimum absolute atomic E-state index is 0.0692. The molecule has 1 aromatic heterocycles. The third kappa shape index (κ3) is 3.52. The number of carbonyl (C=O) groups excluding carboxylic acids is 2. The summed E-state index contributed by atoms with van der Waals surface area (Å²) in [5, 5.41) is 3.50. The highest BCUT2D eigenvalue weighted by Crippen LogP contribution is 2.31. The number of amides is 2. The van der Waals surface area contributed by atoms with Crippen LogP contribution in [0.25, 0.3) is 0 Å². The van der Waals surface area contributed by atoms with E-state index < -0.39 is 5.54 Å². The van der Waals surface area contributed by atoms with Crippen LogP contribution < -0.4 is 5.32 Å². The summed E-state index contributed by atoms with van der Waals surface area (Å²) in [6, 6.07) is 15.2. The van der Waals surface area contributed by atoms with Crippen LogP contribution in [0, 0.1) is 0 Å². The number of piperidine rings is 1. The van der Waals surface area contributed by atoms with Gasteiger partial charge in [-0.05, 0) is 43.5 Å². The monoisotopic (exact) mass is 364 g/mol.